The van der Waals surface area contributed by atoms with Crippen LogP contribution in [0.3, 0.4) is 0 Å². The van der Waals surface area contributed by atoms with E-state index in [1.165, 1.54) is 6.07 Å². The van der Waals surface area contributed by atoms with Crippen molar-refractivity contribution in [2.75, 3.05) is 5.73 Å². The first kappa shape index (κ1) is 22.4. The molecule has 2 aromatic rings. The van der Waals surface area contributed by atoms with Crippen LogP contribution in [0.1, 0.15) is 11.1 Å². The number of allylic oxidation sites excluding steroid dienone is 5. The number of hydrogen-bond donors (Lipinski definition) is 2. The van der Waals surface area contributed by atoms with Gasteiger partial charge in [0.05, 0.1) is 9.79 Å². The molecule has 2 aliphatic rings. The van der Waals surface area contributed by atoms with E-state index in [2.05, 4.69) is 13.1 Å². The average molecular weight is 488 g/mol. The van der Waals surface area contributed by atoms with E-state index in [-0.39, 0.29) is 5.56 Å². The summed E-state index contributed by atoms with van der Waals surface area (Å²) in [4.78, 5) is -1.58. The van der Waals surface area contributed by atoms with Crippen LogP contribution in [0, 0.1) is 0 Å². The fourth-order valence-electron chi connectivity index (χ4n) is 4.25. The van der Waals surface area contributed by atoms with Crippen molar-refractivity contribution in [3.8, 4) is 0 Å². The molecule has 0 aromatic heterocycles. The maximum absolute atomic E-state index is 12.1. The van der Waals surface area contributed by atoms with E-state index in [1.807, 2.05) is 12.1 Å². The summed E-state index contributed by atoms with van der Waals surface area (Å²) in [5.74, 6) is 0. The molecule has 1 aliphatic heterocycles. The van der Waals surface area contributed by atoms with Crippen molar-refractivity contribution in [3.05, 3.63) is 76.5 Å². The van der Waals surface area contributed by atoms with Crippen LogP contribution < -0.4 is 16.3 Å². The molecule has 166 valence electrons. The van der Waals surface area contributed by atoms with Gasteiger partial charge < -0.3 is 14.8 Å². The number of hydrogen-bond acceptors (Lipinski definition) is 7. The summed E-state index contributed by atoms with van der Waals surface area (Å²) < 4.78 is 70.8. The largest absolute Gasteiger partial charge is 0.744 e. The molecule has 0 bridgehead atoms. The quantitative estimate of drug-likeness (QED) is 0.350. The average Bonchev–Trinajstić information content (AvgIpc) is 2.68. The SMILES string of the molecule is C[Si]1(C)C2=CC(=[NH2+])C=CC2=C(c2ccc(S(=O)(=O)[O-])cc2S(=O)(=O)[O-])c2ccc(N)cc21. The first-order chi connectivity index (χ1) is 14.7. The van der Waals surface area contributed by atoms with Crippen LogP contribution in [-0.2, 0) is 20.2 Å². The maximum Gasteiger partial charge on any atom is 0.196 e. The minimum Gasteiger partial charge on any atom is -0.744 e. The van der Waals surface area contributed by atoms with Crippen LogP contribution >= 0.6 is 0 Å². The number of nitrogen functional groups attached to an aromatic ring is 1. The maximum atomic E-state index is 12.1. The molecule has 11 heteroatoms. The minimum absolute atomic E-state index is 0.00828. The number of anilines is 1. The van der Waals surface area contributed by atoms with Gasteiger partial charge in [-0.25, -0.2) is 16.8 Å². The Balaban J connectivity index is 2.18. The Morgan fingerprint density at radius 3 is 2.19 bits per heavy atom. The van der Waals surface area contributed by atoms with Crippen molar-refractivity contribution in [3.63, 3.8) is 0 Å². The molecule has 0 spiro atoms. The van der Waals surface area contributed by atoms with Crippen LogP contribution in [0.4, 0.5) is 5.69 Å². The molecule has 1 aliphatic carbocycles. The summed E-state index contributed by atoms with van der Waals surface area (Å²) >= 11 is 0. The molecule has 0 unspecified atom stereocenters. The summed E-state index contributed by atoms with van der Waals surface area (Å²) in [5, 5.41) is 7.88. The van der Waals surface area contributed by atoms with Gasteiger partial charge in [0.25, 0.3) is 0 Å². The van der Waals surface area contributed by atoms with Gasteiger partial charge in [0, 0.05) is 23.4 Å². The van der Waals surface area contributed by atoms with Crippen molar-refractivity contribution in [2.45, 2.75) is 22.9 Å². The zero-order valence-corrected chi connectivity index (χ0v) is 19.7. The summed E-state index contributed by atoms with van der Waals surface area (Å²) in [6.07, 6.45) is 5.26. The molecule has 0 fully saturated rings. The van der Waals surface area contributed by atoms with E-state index >= 15 is 0 Å². The lowest BCUT2D eigenvalue weighted by molar-refractivity contribution is -0.110. The Bertz CT molecular complexity index is 1520. The monoisotopic (exact) mass is 487 g/mol. The molecule has 2 aromatic carbocycles. The molecule has 0 saturated heterocycles. The highest BCUT2D eigenvalue weighted by Crippen LogP contribution is 2.43. The predicted octanol–water partition coefficient (Wildman–Crippen LogP) is 0.0434. The molecule has 4 rings (SSSR count). The number of rotatable bonds is 3. The lowest BCUT2D eigenvalue weighted by Crippen LogP contribution is -2.50. The van der Waals surface area contributed by atoms with Gasteiger partial charge in [0.15, 0.2) is 5.71 Å². The van der Waals surface area contributed by atoms with E-state index in [0.29, 0.717) is 34.2 Å². The van der Waals surface area contributed by atoms with Gasteiger partial charge in [-0.3, -0.25) is 5.41 Å². The summed E-state index contributed by atoms with van der Waals surface area (Å²) in [6, 6.07) is 8.07. The Morgan fingerprint density at radius 1 is 0.906 bits per heavy atom. The summed E-state index contributed by atoms with van der Waals surface area (Å²) in [5.41, 5.74) is 8.93. The van der Waals surface area contributed by atoms with Crippen molar-refractivity contribution in [1.82, 2.24) is 0 Å². The third-order valence-electron chi connectivity index (χ3n) is 5.75. The molecule has 0 saturated carbocycles. The highest BCUT2D eigenvalue weighted by atomic mass is 32.2. The predicted molar refractivity (Wildman–Crippen MR) is 121 cm³/mol. The molecule has 0 amide bonds. The van der Waals surface area contributed by atoms with E-state index in [0.717, 1.165) is 16.4 Å². The lowest BCUT2D eigenvalue weighted by atomic mass is 9.89. The fourth-order valence-corrected chi connectivity index (χ4v) is 8.64. The van der Waals surface area contributed by atoms with Crippen molar-refractivity contribution in [1.29, 1.82) is 0 Å². The van der Waals surface area contributed by atoms with E-state index < -0.39 is 38.1 Å². The smallest absolute Gasteiger partial charge is 0.196 e. The molecular formula is C21H19N2O6S2Si-. The molecule has 0 atom stereocenters. The second-order valence-corrected chi connectivity index (χ2v) is 15.2. The van der Waals surface area contributed by atoms with Crippen molar-refractivity contribution < 1.29 is 31.4 Å². The first-order valence-corrected chi connectivity index (χ1v) is 15.3. The van der Waals surface area contributed by atoms with Gasteiger partial charge in [-0.15, -0.1) is 0 Å². The van der Waals surface area contributed by atoms with Crippen molar-refractivity contribution >= 4 is 50.5 Å². The van der Waals surface area contributed by atoms with Gasteiger partial charge in [-0.2, -0.15) is 0 Å². The van der Waals surface area contributed by atoms with E-state index in [9.17, 15) is 25.9 Å². The van der Waals surface area contributed by atoms with Crippen molar-refractivity contribution in [2.24, 2.45) is 0 Å². The number of nitrogens with two attached hydrogens (primary N) is 2. The number of fused-ring (bicyclic) bond motifs is 2. The van der Waals surface area contributed by atoms with Crippen LogP contribution in [0.25, 0.3) is 5.57 Å². The van der Waals surface area contributed by atoms with E-state index in [4.69, 9.17) is 11.1 Å². The Morgan fingerprint density at radius 2 is 1.56 bits per heavy atom. The third kappa shape index (κ3) is 3.57. The second-order valence-electron chi connectivity index (χ2n) is 8.18. The highest BCUT2D eigenvalue weighted by Gasteiger charge is 2.40. The Hall–Kier alpha value is -2.83. The minimum atomic E-state index is -5.13. The van der Waals surface area contributed by atoms with Crippen LogP contribution in [0.2, 0.25) is 13.1 Å². The van der Waals surface area contributed by atoms with Gasteiger partial charge >= 0.3 is 0 Å². The molecule has 8 nitrogen and oxygen atoms in total. The number of benzene rings is 2. The van der Waals surface area contributed by atoms with Gasteiger partial charge in [0.1, 0.15) is 28.3 Å². The van der Waals surface area contributed by atoms with Crippen LogP contribution in [0.5, 0.6) is 0 Å². The van der Waals surface area contributed by atoms with Crippen LogP contribution in [-0.4, -0.2) is 39.7 Å². The van der Waals surface area contributed by atoms with Gasteiger partial charge in [-0.1, -0.05) is 25.2 Å². The standard InChI is InChI=1S/C21H20N2O6S2Si/c1-32(2)19-9-12(22)3-6-16(19)21(17-7-4-13(23)10-20(17)32)15-8-5-14(30(24,25)26)11-18(15)31(27,28)29/h3-11,22H,23H2,1-2H3,(H,24,25,26)(H,27,28,29)/p-1. The molecule has 1 heterocycles. The molecule has 4 N–H and O–H groups in total. The van der Waals surface area contributed by atoms with Gasteiger partial charge in [0.2, 0.25) is 0 Å². The lowest BCUT2D eigenvalue weighted by Gasteiger charge is -2.38. The summed E-state index contributed by atoms with van der Waals surface area (Å²) in [6.45, 7) is 4.22. The fraction of sp³-hybridized carbons (Fsp3) is 0.0952. The zero-order valence-electron chi connectivity index (χ0n) is 17.1. The highest BCUT2D eigenvalue weighted by molar-refractivity contribution is 7.86. The summed E-state index contributed by atoms with van der Waals surface area (Å²) in [7, 11) is -12.4. The Kier molecular flexibility index (Phi) is 4.95. The van der Waals surface area contributed by atoms with E-state index in [1.54, 1.807) is 24.3 Å². The molecule has 0 radical (unpaired) electrons. The Labute approximate surface area is 186 Å². The topological polar surface area (TPSA) is 166 Å². The molecular weight excluding hydrogens is 468 g/mol. The first-order valence-electron chi connectivity index (χ1n) is 9.45. The normalized spacial score (nSPS) is 17.6. The second kappa shape index (κ2) is 7.09. The van der Waals surface area contributed by atoms with Gasteiger partial charge in [-0.05, 0) is 57.4 Å². The zero-order chi connectivity index (χ0) is 23.6. The molecule has 32 heavy (non-hydrogen) atoms. The van der Waals surface area contributed by atoms with Crippen LogP contribution in [0.15, 0.2) is 75.2 Å². The third-order valence-corrected chi connectivity index (χ3v) is 11.0.